The minimum absolute atomic E-state index is 0.114. The molecule has 0 radical (unpaired) electrons. The third-order valence-electron chi connectivity index (χ3n) is 5.05. The van der Waals surface area contributed by atoms with Crippen LogP contribution in [0, 0.1) is 0 Å². The average Bonchev–Trinajstić information content (AvgIpc) is 3.05. The lowest BCUT2D eigenvalue weighted by atomic mass is 10.0. The van der Waals surface area contributed by atoms with E-state index in [-0.39, 0.29) is 17.8 Å². The number of benzene rings is 2. The molecule has 1 aliphatic heterocycles. The second-order valence-corrected chi connectivity index (χ2v) is 7.06. The van der Waals surface area contributed by atoms with E-state index in [9.17, 15) is 9.59 Å². The Balaban J connectivity index is 1.80. The van der Waals surface area contributed by atoms with Crippen LogP contribution in [-0.2, 0) is 16.1 Å². The number of aromatic nitrogens is 1. The summed E-state index contributed by atoms with van der Waals surface area (Å²) in [6.45, 7) is 2.47. The van der Waals surface area contributed by atoms with Crippen molar-refractivity contribution in [2.45, 2.75) is 13.5 Å². The van der Waals surface area contributed by atoms with Gasteiger partial charge in [-0.2, -0.15) is 0 Å². The molecule has 0 atom stereocenters. The predicted molar refractivity (Wildman–Crippen MR) is 121 cm³/mol. The van der Waals surface area contributed by atoms with Crippen molar-refractivity contribution in [1.82, 2.24) is 9.88 Å². The first kappa shape index (κ1) is 21.1. The molecule has 1 N–H and O–H groups in total. The highest BCUT2D eigenvalue weighted by molar-refractivity contribution is 6.37. The minimum atomic E-state index is -0.425. The van der Waals surface area contributed by atoms with E-state index < -0.39 is 11.8 Å². The predicted octanol–water partition coefficient (Wildman–Crippen LogP) is 3.88. The van der Waals surface area contributed by atoms with Gasteiger partial charge in [0.2, 0.25) is 0 Å². The SMILES string of the molecule is CCOc1ccccc1NC1=C(c2ccccc2OC)C(=O)N(Cc2cccnc2)C1=O. The van der Waals surface area contributed by atoms with Gasteiger partial charge in [-0.25, -0.2) is 0 Å². The minimum Gasteiger partial charge on any atom is -0.496 e. The maximum atomic E-state index is 13.5. The Hall–Kier alpha value is -4.13. The van der Waals surface area contributed by atoms with Crippen LogP contribution in [0.2, 0.25) is 0 Å². The summed E-state index contributed by atoms with van der Waals surface area (Å²) >= 11 is 0. The fourth-order valence-electron chi connectivity index (χ4n) is 3.60. The molecule has 0 bridgehead atoms. The Labute approximate surface area is 186 Å². The summed E-state index contributed by atoms with van der Waals surface area (Å²) in [6.07, 6.45) is 3.28. The number of ether oxygens (including phenoxy) is 2. The third kappa shape index (κ3) is 4.05. The Morgan fingerprint density at radius 1 is 0.938 bits per heavy atom. The number of rotatable bonds is 8. The number of imide groups is 1. The Morgan fingerprint density at radius 3 is 2.41 bits per heavy atom. The van der Waals surface area contributed by atoms with Gasteiger partial charge >= 0.3 is 0 Å². The Morgan fingerprint density at radius 2 is 1.69 bits per heavy atom. The molecular formula is C25H23N3O4. The van der Waals surface area contributed by atoms with Crippen molar-refractivity contribution in [3.63, 3.8) is 0 Å². The fraction of sp³-hybridized carbons (Fsp3) is 0.160. The molecule has 3 aromatic rings. The summed E-state index contributed by atoms with van der Waals surface area (Å²) in [5.74, 6) is 0.267. The zero-order valence-electron chi connectivity index (χ0n) is 17.9. The molecule has 162 valence electrons. The smallest absolute Gasteiger partial charge is 0.278 e. The lowest BCUT2D eigenvalue weighted by Gasteiger charge is -2.16. The lowest BCUT2D eigenvalue weighted by molar-refractivity contribution is -0.137. The molecule has 1 aromatic heterocycles. The monoisotopic (exact) mass is 429 g/mol. The zero-order chi connectivity index (χ0) is 22.5. The van der Waals surface area contributed by atoms with E-state index in [1.54, 1.807) is 42.7 Å². The molecule has 0 saturated heterocycles. The molecule has 7 heteroatoms. The molecule has 1 aliphatic rings. The van der Waals surface area contributed by atoms with Crippen molar-refractivity contribution >= 4 is 23.1 Å². The van der Waals surface area contributed by atoms with E-state index in [2.05, 4.69) is 10.3 Å². The summed E-state index contributed by atoms with van der Waals surface area (Å²) in [7, 11) is 1.53. The van der Waals surface area contributed by atoms with Crippen LogP contribution in [-0.4, -0.2) is 35.4 Å². The summed E-state index contributed by atoms with van der Waals surface area (Å²) in [6, 6.07) is 18.0. The van der Waals surface area contributed by atoms with Crippen LogP contribution in [0.4, 0.5) is 5.69 Å². The van der Waals surface area contributed by atoms with E-state index in [1.165, 1.54) is 12.0 Å². The van der Waals surface area contributed by atoms with E-state index in [1.807, 2.05) is 37.3 Å². The number of nitrogens with zero attached hydrogens (tertiary/aromatic N) is 2. The molecule has 0 aliphatic carbocycles. The number of amides is 2. The molecule has 32 heavy (non-hydrogen) atoms. The first-order chi connectivity index (χ1) is 15.6. The molecular weight excluding hydrogens is 406 g/mol. The molecule has 0 unspecified atom stereocenters. The van der Waals surface area contributed by atoms with Crippen LogP contribution in [0.3, 0.4) is 0 Å². The van der Waals surface area contributed by atoms with Gasteiger partial charge in [0, 0.05) is 18.0 Å². The summed E-state index contributed by atoms with van der Waals surface area (Å²) in [5, 5.41) is 3.16. The first-order valence-electron chi connectivity index (χ1n) is 10.3. The molecule has 2 aromatic carbocycles. The van der Waals surface area contributed by atoms with Gasteiger partial charge in [-0.3, -0.25) is 19.5 Å². The van der Waals surface area contributed by atoms with E-state index in [0.29, 0.717) is 29.4 Å². The first-order valence-corrected chi connectivity index (χ1v) is 10.3. The molecule has 0 spiro atoms. The van der Waals surface area contributed by atoms with Gasteiger partial charge in [0.1, 0.15) is 17.2 Å². The van der Waals surface area contributed by atoms with Gasteiger partial charge in [-0.15, -0.1) is 0 Å². The molecule has 0 saturated carbocycles. The largest absolute Gasteiger partial charge is 0.496 e. The number of methoxy groups -OCH3 is 1. The van der Waals surface area contributed by atoms with Crippen LogP contribution >= 0.6 is 0 Å². The van der Waals surface area contributed by atoms with Crippen molar-refractivity contribution < 1.29 is 19.1 Å². The van der Waals surface area contributed by atoms with Gasteiger partial charge in [0.05, 0.1) is 31.5 Å². The highest BCUT2D eigenvalue weighted by atomic mass is 16.5. The van der Waals surface area contributed by atoms with Gasteiger partial charge < -0.3 is 14.8 Å². The number of para-hydroxylation sites is 3. The van der Waals surface area contributed by atoms with Crippen molar-refractivity contribution in [3.05, 3.63) is 89.9 Å². The number of pyridine rings is 1. The van der Waals surface area contributed by atoms with Crippen molar-refractivity contribution in [3.8, 4) is 11.5 Å². The van der Waals surface area contributed by atoms with Crippen LogP contribution in [0.25, 0.3) is 5.57 Å². The fourth-order valence-corrected chi connectivity index (χ4v) is 3.60. The number of carbonyl (C=O) groups excluding carboxylic acids is 2. The maximum Gasteiger partial charge on any atom is 0.278 e. The van der Waals surface area contributed by atoms with Crippen LogP contribution < -0.4 is 14.8 Å². The Kier molecular flexibility index (Phi) is 6.17. The van der Waals surface area contributed by atoms with Gasteiger partial charge in [-0.1, -0.05) is 36.4 Å². The van der Waals surface area contributed by atoms with E-state index >= 15 is 0 Å². The third-order valence-corrected chi connectivity index (χ3v) is 5.05. The van der Waals surface area contributed by atoms with Crippen LogP contribution in [0.15, 0.2) is 78.8 Å². The number of nitrogens with one attached hydrogen (secondary N) is 1. The number of hydrogen-bond donors (Lipinski definition) is 1. The van der Waals surface area contributed by atoms with Crippen LogP contribution in [0.1, 0.15) is 18.1 Å². The van der Waals surface area contributed by atoms with Gasteiger partial charge in [0.25, 0.3) is 11.8 Å². The summed E-state index contributed by atoms with van der Waals surface area (Å²) in [5.41, 5.74) is 2.32. The second-order valence-electron chi connectivity index (χ2n) is 7.06. The van der Waals surface area contributed by atoms with Crippen molar-refractivity contribution in [1.29, 1.82) is 0 Å². The number of carbonyl (C=O) groups is 2. The highest BCUT2D eigenvalue weighted by Crippen LogP contribution is 2.37. The summed E-state index contributed by atoms with van der Waals surface area (Å²) < 4.78 is 11.2. The number of anilines is 1. The number of hydrogen-bond acceptors (Lipinski definition) is 6. The molecule has 2 heterocycles. The van der Waals surface area contributed by atoms with E-state index in [4.69, 9.17) is 9.47 Å². The molecule has 4 rings (SSSR count). The van der Waals surface area contributed by atoms with Crippen molar-refractivity contribution in [2.75, 3.05) is 19.0 Å². The quantitative estimate of drug-likeness (QED) is 0.548. The van der Waals surface area contributed by atoms with Crippen molar-refractivity contribution in [2.24, 2.45) is 0 Å². The molecule has 2 amide bonds. The molecule has 7 nitrogen and oxygen atoms in total. The lowest BCUT2D eigenvalue weighted by Crippen LogP contribution is -2.32. The topological polar surface area (TPSA) is 80.8 Å². The average molecular weight is 429 g/mol. The van der Waals surface area contributed by atoms with Gasteiger partial charge in [-0.05, 0) is 36.8 Å². The second kappa shape index (κ2) is 9.34. The van der Waals surface area contributed by atoms with Crippen LogP contribution in [0.5, 0.6) is 11.5 Å². The Bertz CT molecular complexity index is 1170. The summed E-state index contributed by atoms with van der Waals surface area (Å²) in [4.78, 5) is 32.3. The van der Waals surface area contributed by atoms with E-state index in [0.717, 1.165) is 5.56 Å². The standard InChI is InChI=1S/C25H23N3O4/c1-3-32-21-13-7-5-11-19(21)27-23-22(18-10-4-6-12-20(18)31-2)24(29)28(25(23)30)16-17-9-8-14-26-15-17/h4-15,27H,3,16H2,1-2H3. The van der Waals surface area contributed by atoms with Gasteiger partial charge in [0.15, 0.2) is 0 Å². The zero-order valence-corrected chi connectivity index (χ0v) is 17.9. The normalized spacial score (nSPS) is 13.5. The maximum absolute atomic E-state index is 13.5. The highest BCUT2D eigenvalue weighted by Gasteiger charge is 2.40. The molecule has 0 fully saturated rings.